The van der Waals surface area contributed by atoms with Gasteiger partial charge in [0.25, 0.3) is 0 Å². The quantitative estimate of drug-likeness (QED) is 0.0639. The molecule has 218 valence electrons. The third kappa shape index (κ3) is 21.1. The Bertz CT molecular complexity index is 542. The number of rotatable bonds is 26. The zero-order valence-electron chi connectivity index (χ0n) is 24.7. The molecule has 0 saturated carbocycles. The van der Waals surface area contributed by atoms with Crippen LogP contribution in [0.15, 0.2) is 0 Å². The molecule has 0 aromatic carbocycles. The van der Waals surface area contributed by atoms with E-state index in [-0.39, 0.29) is 37.7 Å². The molecule has 0 aromatic rings. The first kappa shape index (κ1) is 35.4. The van der Waals surface area contributed by atoms with Crippen LogP contribution in [-0.2, 0) is 28.6 Å². The molecule has 6 nitrogen and oxygen atoms in total. The Hall–Kier alpha value is -1.59. The molecular formula is C31H58O6. The summed E-state index contributed by atoms with van der Waals surface area (Å²) in [6, 6.07) is 0. The molecule has 6 heteroatoms. The topological polar surface area (TPSA) is 78.9 Å². The Morgan fingerprint density at radius 3 is 1.00 bits per heavy atom. The Kier molecular flexibility index (Phi) is 23.7. The maximum Gasteiger partial charge on any atom is 0.305 e. The van der Waals surface area contributed by atoms with Crippen molar-refractivity contribution in [1.29, 1.82) is 0 Å². The number of unbranched alkanes of at least 4 members (excludes halogenated alkanes) is 13. The van der Waals surface area contributed by atoms with Crippen LogP contribution in [0, 0.1) is 5.41 Å². The van der Waals surface area contributed by atoms with Gasteiger partial charge in [-0.25, -0.2) is 0 Å². The number of ether oxygens (including phenoxy) is 3. The molecule has 0 rings (SSSR count). The molecule has 37 heavy (non-hydrogen) atoms. The normalized spacial score (nSPS) is 11.4. The van der Waals surface area contributed by atoms with Crippen molar-refractivity contribution in [3.63, 3.8) is 0 Å². The van der Waals surface area contributed by atoms with Crippen molar-refractivity contribution in [2.45, 2.75) is 156 Å². The van der Waals surface area contributed by atoms with Crippen LogP contribution in [0.2, 0.25) is 0 Å². The first-order chi connectivity index (χ1) is 17.9. The monoisotopic (exact) mass is 526 g/mol. The summed E-state index contributed by atoms with van der Waals surface area (Å²) >= 11 is 0. The van der Waals surface area contributed by atoms with E-state index in [0.717, 1.165) is 64.2 Å². The lowest BCUT2D eigenvalue weighted by Crippen LogP contribution is -2.39. The maximum atomic E-state index is 12.4. The zero-order chi connectivity index (χ0) is 27.6. The summed E-state index contributed by atoms with van der Waals surface area (Å²) in [7, 11) is 0. The SMILES string of the molecule is CCCCCCCCC(=O)OCC(CC)(COC(=O)CCCCCC)COC(=O)CCCCCCCC. The van der Waals surface area contributed by atoms with Gasteiger partial charge in [-0.15, -0.1) is 0 Å². The Morgan fingerprint density at radius 2 is 0.703 bits per heavy atom. The summed E-state index contributed by atoms with van der Waals surface area (Å²) in [6.07, 6.45) is 19.0. The van der Waals surface area contributed by atoms with Crippen LogP contribution in [0.5, 0.6) is 0 Å². The molecule has 0 aliphatic rings. The first-order valence-electron chi connectivity index (χ1n) is 15.4. The Labute approximate surface area is 228 Å². The number of hydrogen-bond acceptors (Lipinski definition) is 6. The van der Waals surface area contributed by atoms with Crippen LogP contribution >= 0.6 is 0 Å². The van der Waals surface area contributed by atoms with Gasteiger partial charge in [-0.05, 0) is 25.7 Å². The third-order valence-electron chi connectivity index (χ3n) is 7.07. The Morgan fingerprint density at radius 1 is 0.432 bits per heavy atom. The highest BCUT2D eigenvalue weighted by Gasteiger charge is 2.34. The van der Waals surface area contributed by atoms with Gasteiger partial charge >= 0.3 is 17.9 Å². The smallest absolute Gasteiger partial charge is 0.305 e. The average Bonchev–Trinajstić information content (AvgIpc) is 2.90. The average molecular weight is 527 g/mol. The van der Waals surface area contributed by atoms with E-state index in [1.54, 1.807) is 0 Å². The van der Waals surface area contributed by atoms with Crippen LogP contribution in [0.3, 0.4) is 0 Å². The van der Waals surface area contributed by atoms with E-state index in [1.807, 2.05) is 6.92 Å². The van der Waals surface area contributed by atoms with Crippen molar-refractivity contribution >= 4 is 17.9 Å². The molecule has 0 amide bonds. The number of esters is 3. The van der Waals surface area contributed by atoms with E-state index in [0.29, 0.717) is 25.7 Å². The molecule has 0 fully saturated rings. The van der Waals surface area contributed by atoms with E-state index in [2.05, 4.69) is 20.8 Å². The summed E-state index contributed by atoms with van der Waals surface area (Å²) in [6.45, 7) is 8.73. The minimum absolute atomic E-state index is 0.0880. The highest BCUT2D eigenvalue weighted by Crippen LogP contribution is 2.25. The van der Waals surface area contributed by atoms with Gasteiger partial charge in [0.2, 0.25) is 0 Å². The van der Waals surface area contributed by atoms with E-state index in [1.165, 1.54) is 38.5 Å². The largest absolute Gasteiger partial charge is 0.465 e. The predicted molar refractivity (Wildman–Crippen MR) is 150 cm³/mol. The van der Waals surface area contributed by atoms with Crippen molar-refractivity contribution in [3.05, 3.63) is 0 Å². The molecule has 0 unspecified atom stereocenters. The summed E-state index contributed by atoms with van der Waals surface area (Å²) in [4.78, 5) is 37.1. The van der Waals surface area contributed by atoms with Gasteiger partial charge in [-0.3, -0.25) is 14.4 Å². The van der Waals surface area contributed by atoms with Gasteiger partial charge in [0.1, 0.15) is 19.8 Å². The zero-order valence-corrected chi connectivity index (χ0v) is 24.7. The van der Waals surface area contributed by atoms with Crippen molar-refractivity contribution in [2.75, 3.05) is 19.8 Å². The third-order valence-corrected chi connectivity index (χ3v) is 7.07. The second-order valence-corrected chi connectivity index (χ2v) is 10.7. The first-order valence-corrected chi connectivity index (χ1v) is 15.4. The second kappa shape index (κ2) is 24.7. The summed E-state index contributed by atoms with van der Waals surface area (Å²) in [5.74, 6) is -0.721. The molecule has 0 atom stereocenters. The molecule has 0 spiro atoms. The van der Waals surface area contributed by atoms with E-state index < -0.39 is 5.41 Å². The molecule has 0 aliphatic heterocycles. The van der Waals surface area contributed by atoms with Crippen LogP contribution < -0.4 is 0 Å². The standard InChI is InChI=1S/C31H58O6/c1-5-9-12-15-17-20-23-29(33)36-26-31(8-4,25-35-28(32)22-19-14-11-7-3)27-37-30(34)24-21-18-16-13-10-6-2/h5-27H2,1-4H3. The lowest BCUT2D eigenvalue weighted by Gasteiger charge is -2.31. The van der Waals surface area contributed by atoms with Crippen LogP contribution in [0.25, 0.3) is 0 Å². The molecule has 0 bridgehead atoms. The molecule has 0 radical (unpaired) electrons. The van der Waals surface area contributed by atoms with E-state index >= 15 is 0 Å². The van der Waals surface area contributed by atoms with Gasteiger partial charge < -0.3 is 14.2 Å². The lowest BCUT2D eigenvalue weighted by molar-refractivity contribution is -0.162. The Balaban J connectivity index is 4.73. The van der Waals surface area contributed by atoms with Crippen LogP contribution in [0.4, 0.5) is 0 Å². The molecule has 0 saturated heterocycles. The highest BCUT2D eigenvalue weighted by atomic mass is 16.6. The fourth-order valence-electron chi connectivity index (χ4n) is 4.14. The summed E-state index contributed by atoms with van der Waals surface area (Å²) < 4.78 is 16.8. The maximum absolute atomic E-state index is 12.4. The molecular weight excluding hydrogens is 468 g/mol. The molecule has 0 heterocycles. The van der Waals surface area contributed by atoms with E-state index in [9.17, 15) is 14.4 Å². The van der Waals surface area contributed by atoms with Crippen LogP contribution in [0.1, 0.15) is 156 Å². The lowest BCUT2D eigenvalue weighted by atomic mass is 9.88. The van der Waals surface area contributed by atoms with E-state index in [4.69, 9.17) is 14.2 Å². The second-order valence-electron chi connectivity index (χ2n) is 10.7. The molecule has 0 aliphatic carbocycles. The molecule has 0 aromatic heterocycles. The molecule has 0 N–H and O–H groups in total. The predicted octanol–water partition coefficient (Wildman–Crippen LogP) is 8.48. The van der Waals surface area contributed by atoms with Crippen molar-refractivity contribution in [3.8, 4) is 0 Å². The van der Waals surface area contributed by atoms with Crippen molar-refractivity contribution in [2.24, 2.45) is 5.41 Å². The van der Waals surface area contributed by atoms with Gasteiger partial charge in [-0.2, -0.15) is 0 Å². The van der Waals surface area contributed by atoms with Gasteiger partial charge in [0.05, 0.1) is 5.41 Å². The number of hydrogen-bond donors (Lipinski definition) is 0. The minimum Gasteiger partial charge on any atom is -0.465 e. The summed E-state index contributed by atoms with van der Waals surface area (Å²) in [5, 5.41) is 0. The summed E-state index contributed by atoms with van der Waals surface area (Å²) in [5.41, 5.74) is -0.716. The minimum atomic E-state index is -0.716. The van der Waals surface area contributed by atoms with Crippen molar-refractivity contribution < 1.29 is 28.6 Å². The highest BCUT2D eigenvalue weighted by molar-refractivity contribution is 5.70. The fraction of sp³-hybridized carbons (Fsp3) is 0.903. The van der Waals surface area contributed by atoms with Gasteiger partial charge in [0.15, 0.2) is 0 Å². The van der Waals surface area contributed by atoms with Crippen molar-refractivity contribution in [1.82, 2.24) is 0 Å². The fourth-order valence-corrected chi connectivity index (χ4v) is 4.14. The number of carbonyl (C=O) groups excluding carboxylic acids is 3. The number of carbonyl (C=O) groups is 3. The van der Waals surface area contributed by atoms with Gasteiger partial charge in [-0.1, -0.05) is 111 Å². The van der Waals surface area contributed by atoms with Crippen LogP contribution in [-0.4, -0.2) is 37.7 Å². The van der Waals surface area contributed by atoms with Gasteiger partial charge in [0, 0.05) is 19.3 Å².